The van der Waals surface area contributed by atoms with Crippen molar-refractivity contribution in [2.24, 2.45) is 0 Å². The summed E-state index contributed by atoms with van der Waals surface area (Å²) in [5, 5.41) is 2.67. The topological polar surface area (TPSA) is 108 Å². The van der Waals surface area contributed by atoms with E-state index in [1.807, 2.05) is 0 Å². The minimum atomic E-state index is -4.53. The van der Waals surface area contributed by atoms with Gasteiger partial charge in [0.15, 0.2) is 11.5 Å². The van der Waals surface area contributed by atoms with Gasteiger partial charge in [-0.05, 0) is 30.3 Å². The maximum absolute atomic E-state index is 13.1. The average molecular weight is 538 g/mol. The smallest absolute Gasteiger partial charge is 0.419 e. The fourth-order valence-corrected chi connectivity index (χ4v) is 3.09. The van der Waals surface area contributed by atoms with Crippen LogP contribution in [0.1, 0.15) is 11.1 Å². The van der Waals surface area contributed by atoms with Crippen molar-refractivity contribution in [3.05, 3.63) is 78.6 Å². The number of rotatable bonds is 5. The van der Waals surface area contributed by atoms with Crippen LogP contribution in [0.15, 0.2) is 67.5 Å². The van der Waals surface area contributed by atoms with Gasteiger partial charge in [0.05, 0.1) is 36.7 Å². The number of nitrogens with two attached hydrogens (primary N) is 1. The summed E-state index contributed by atoms with van der Waals surface area (Å²) in [5.74, 6) is 1.28. The Balaban J connectivity index is 0.000000304. The van der Waals surface area contributed by atoms with E-state index in [4.69, 9.17) is 15.2 Å². The van der Waals surface area contributed by atoms with Crippen molar-refractivity contribution >= 4 is 17.2 Å². The third kappa shape index (κ3) is 6.99. The normalized spacial score (nSPS) is 11.3. The molecule has 3 aromatic heterocycles. The molecule has 200 valence electrons. The molecular weight excluding hydrogens is 518 g/mol. The van der Waals surface area contributed by atoms with Crippen LogP contribution >= 0.6 is 0 Å². The van der Waals surface area contributed by atoms with Crippen LogP contribution in [0.3, 0.4) is 0 Å². The predicted octanol–water partition coefficient (Wildman–Crippen LogP) is 6.00. The van der Waals surface area contributed by atoms with Crippen LogP contribution in [0.25, 0.3) is 11.3 Å². The number of hydrogen-bond donors (Lipinski definition) is 2. The lowest BCUT2D eigenvalue weighted by atomic mass is 10.1. The van der Waals surface area contributed by atoms with Crippen molar-refractivity contribution in [3.8, 4) is 22.8 Å². The molecule has 0 aliphatic heterocycles. The number of alkyl halides is 6. The first kappa shape index (κ1) is 28.0. The Morgan fingerprint density at radius 2 is 1.39 bits per heavy atom. The van der Waals surface area contributed by atoms with Crippen molar-refractivity contribution in [2.45, 2.75) is 12.4 Å². The monoisotopic (exact) mass is 538 g/mol. The van der Waals surface area contributed by atoms with Gasteiger partial charge in [-0.25, -0.2) is 9.97 Å². The van der Waals surface area contributed by atoms with Gasteiger partial charge < -0.3 is 20.5 Å². The molecule has 4 aromatic rings. The van der Waals surface area contributed by atoms with Gasteiger partial charge in [-0.15, -0.1) is 0 Å². The number of benzene rings is 1. The number of anilines is 3. The van der Waals surface area contributed by atoms with Crippen molar-refractivity contribution in [3.63, 3.8) is 0 Å². The van der Waals surface area contributed by atoms with Crippen molar-refractivity contribution < 1.29 is 35.8 Å². The van der Waals surface area contributed by atoms with E-state index in [1.54, 1.807) is 24.3 Å². The zero-order valence-electron chi connectivity index (χ0n) is 19.8. The molecule has 3 N–H and O–H groups in total. The first-order valence-corrected chi connectivity index (χ1v) is 10.5. The van der Waals surface area contributed by atoms with E-state index >= 15 is 0 Å². The second-order valence-electron chi connectivity index (χ2n) is 7.36. The van der Waals surface area contributed by atoms with Gasteiger partial charge in [0.1, 0.15) is 12.1 Å². The van der Waals surface area contributed by atoms with Gasteiger partial charge in [0.25, 0.3) is 0 Å². The minimum absolute atomic E-state index is 0.144. The van der Waals surface area contributed by atoms with E-state index < -0.39 is 23.5 Å². The van der Waals surface area contributed by atoms with Crippen LogP contribution in [0.5, 0.6) is 11.5 Å². The Kier molecular flexibility index (Phi) is 8.55. The van der Waals surface area contributed by atoms with Crippen LogP contribution in [-0.2, 0) is 12.4 Å². The predicted molar refractivity (Wildman–Crippen MR) is 127 cm³/mol. The average Bonchev–Trinajstić information content (AvgIpc) is 2.88. The molecule has 0 aliphatic rings. The van der Waals surface area contributed by atoms with E-state index in [0.29, 0.717) is 29.0 Å². The molecule has 1 aromatic carbocycles. The number of hydrogen-bond acceptors (Lipinski definition) is 8. The quantitative estimate of drug-likeness (QED) is 0.298. The fraction of sp³-hybridized carbons (Fsp3) is 0.167. The molecule has 0 aliphatic carbocycles. The molecule has 0 radical (unpaired) electrons. The molecule has 0 fully saturated rings. The molecule has 14 heteroatoms. The van der Waals surface area contributed by atoms with E-state index in [9.17, 15) is 26.3 Å². The second-order valence-corrected chi connectivity index (χ2v) is 7.36. The number of ether oxygens (including phenoxy) is 2. The molecule has 0 bridgehead atoms. The Bertz CT molecular complexity index is 1380. The summed E-state index contributed by atoms with van der Waals surface area (Å²) in [6.07, 6.45) is -3.72. The summed E-state index contributed by atoms with van der Waals surface area (Å²) in [5.41, 5.74) is 4.05. The third-order valence-corrected chi connectivity index (χ3v) is 4.90. The third-order valence-electron chi connectivity index (χ3n) is 4.90. The lowest BCUT2D eigenvalue weighted by molar-refractivity contribution is -0.138. The Labute approximate surface area is 212 Å². The van der Waals surface area contributed by atoms with Crippen molar-refractivity contribution in [1.29, 1.82) is 0 Å². The fourth-order valence-electron chi connectivity index (χ4n) is 3.09. The Morgan fingerprint density at radius 3 is 1.97 bits per heavy atom. The van der Waals surface area contributed by atoms with E-state index in [-0.39, 0.29) is 17.2 Å². The second kappa shape index (κ2) is 11.6. The van der Waals surface area contributed by atoms with E-state index in [2.05, 4.69) is 25.3 Å². The van der Waals surface area contributed by atoms with Crippen molar-refractivity contribution in [2.75, 3.05) is 25.3 Å². The first-order valence-electron chi connectivity index (χ1n) is 10.5. The molecule has 0 saturated heterocycles. The molecule has 0 amide bonds. The Hall–Kier alpha value is -4.62. The maximum Gasteiger partial charge on any atom is 0.419 e. The summed E-state index contributed by atoms with van der Waals surface area (Å²) in [7, 11) is 3.04. The molecule has 38 heavy (non-hydrogen) atoms. The SMILES string of the molecule is COc1ccc(-c2cc(Nc3ccncc3C(F)(F)F)ncn2)cc1OC.Nc1ccncc1C(F)(F)F. The standard InChI is InChI=1S/C18H15F3N4O2.C6H5F3N2/c1-26-15-4-3-11(7-16(15)27-2)14-8-17(24-10-23-14)25-13-5-6-22-9-12(13)18(19,20)21;7-6(8,9)4-3-11-2-1-5(4)10/h3-10H,1-2H3,(H,22,23,24,25);1-3H,(H2,10,11). The minimum Gasteiger partial charge on any atom is -0.493 e. The maximum atomic E-state index is 13.1. The molecule has 0 spiro atoms. The highest BCUT2D eigenvalue weighted by Crippen LogP contribution is 2.36. The van der Waals surface area contributed by atoms with Gasteiger partial charge in [-0.2, -0.15) is 26.3 Å². The van der Waals surface area contributed by atoms with E-state index in [1.165, 1.54) is 39.0 Å². The van der Waals surface area contributed by atoms with Gasteiger partial charge >= 0.3 is 12.4 Å². The summed E-state index contributed by atoms with van der Waals surface area (Å²) < 4.78 is 85.6. The number of nitrogens with zero attached hydrogens (tertiary/aromatic N) is 4. The van der Waals surface area contributed by atoms with Crippen molar-refractivity contribution in [1.82, 2.24) is 19.9 Å². The molecule has 0 unspecified atom stereocenters. The number of nitrogens with one attached hydrogen (secondary N) is 1. The largest absolute Gasteiger partial charge is 0.493 e. The molecule has 3 heterocycles. The number of pyridine rings is 2. The van der Waals surface area contributed by atoms with Gasteiger partial charge in [-0.1, -0.05) is 0 Å². The highest BCUT2D eigenvalue weighted by atomic mass is 19.4. The van der Waals surface area contributed by atoms with Gasteiger partial charge in [-0.3, -0.25) is 9.97 Å². The molecule has 8 nitrogen and oxygen atoms in total. The van der Waals surface area contributed by atoms with Gasteiger partial charge in [0, 0.05) is 42.1 Å². The first-order chi connectivity index (χ1) is 17.9. The summed E-state index contributed by atoms with van der Waals surface area (Å²) >= 11 is 0. The number of nitrogen functional groups attached to an aromatic ring is 1. The van der Waals surface area contributed by atoms with Crippen LogP contribution in [0, 0.1) is 0 Å². The molecule has 0 atom stereocenters. The van der Waals surface area contributed by atoms with Gasteiger partial charge in [0.2, 0.25) is 0 Å². The number of aromatic nitrogens is 4. The highest BCUT2D eigenvalue weighted by Gasteiger charge is 2.34. The van der Waals surface area contributed by atoms with Crippen LogP contribution in [0.4, 0.5) is 43.5 Å². The summed E-state index contributed by atoms with van der Waals surface area (Å²) in [4.78, 5) is 15.0. The zero-order valence-corrected chi connectivity index (χ0v) is 19.8. The van der Waals surface area contributed by atoms with Crippen LogP contribution < -0.4 is 20.5 Å². The lowest BCUT2D eigenvalue weighted by Crippen LogP contribution is -2.09. The van der Waals surface area contributed by atoms with E-state index in [0.717, 1.165) is 12.3 Å². The summed E-state index contributed by atoms with van der Waals surface area (Å²) in [6, 6.07) is 9.10. The highest BCUT2D eigenvalue weighted by molar-refractivity contribution is 5.68. The Morgan fingerprint density at radius 1 is 0.763 bits per heavy atom. The molecular formula is C24H20F6N6O2. The van der Waals surface area contributed by atoms with Crippen LogP contribution in [0.2, 0.25) is 0 Å². The number of halogens is 6. The molecule has 4 rings (SSSR count). The molecule has 0 saturated carbocycles. The lowest BCUT2D eigenvalue weighted by Gasteiger charge is -2.14. The number of methoxy groups -OCH3 is 2. The zero-order chi connectivity index (χ0) is 27.9. The van der Waals surface area contributed by atoms with Crippen LogP contribution in [-0.4, -0.2) is 34.2 Å². The summed E-state index contributed by atoms with van der Waals surface area (Å²) in [6.45, 7) is 0.